The molecule has 4 nitrogen and oxygen atoms in total. The Balaban J connectivity index is 2.28. The molecule has 112 valence electrons. The van der Waals surface area contributed by atoms with Gasteiger partial charge in [-0.1, -0.05) is 0 Å². The van der Waals surface area contributed by atoms with E-state index in [4.69, 9.17) is 5.73 Å². The largest absolute Gasteiger partial charge is 0.370 e. The average molecular weight is 268 g/mol. The molecule has 0 aromatic heterocycles. The maximum Gasteiger partial charge on any atom is 0.191 e. The van der Waals surface area contributed by atoms with Crippen LogP contribution in [0.1, 0.15) is 53.4 Å². The van der Waals surface area contributed by atoms with Crippen LogP contribution in [0, 0.1) is 0 Å². The predicted molar refractivity (Wildman–Crippen MR) is 83.5 cm³/mol. The zero-order valence-corrected chi connectivity index (χ0v) is 13.2. The molecule has 1 fully saturated rings. The summed E-state index contributed by atoms with van der Waals surface area (Å²) in [6.45, 7) is 13.1. The third-order valence-corrected chi connectivity index (χ3v) is 3.85. The van der Waals surface area contributed by atoms with E-state index in [0.717, 1.165) is 38.6 Å². The molecule has 0 aliphatic carbocycles. The molecule has 0 aromatic carbocycles. The van der Waals surface area contributed by atoms with E-state index < -0.39 is 0 Å². The minimum absolute atomic E-state index is 0.600. The summed E-state index contributed by atoms with van der Waals surface area (Å²) in [4.78, 5) is 9.27. The lowest BCUT2D eigenvalue weighted by molar-refractivity contribution is 0.174. The Morgan fingerprint density at radius 2 is 1.68 bits per heavy atom. The molecular formula is C15H32N4. The standard InChI is InChI=1S/C15H32N4/c1-13(2)19(14(3)4)12-8-9-17-15(16)18-10-6-5-7-11-18/h13-14H,5-12H2,1-4H3,(H2,16,17). The first-order valence-corrected chi connectivity index (χ1v) is 7.83. The fourth-order valence-corrected chi connectivity index (χ4v) is 2.78. The Hall–Kier alpha value is -0.770. The first-order valence-electron chi connectivity index (χ1n) is 7.83. The van der Waals surface area contributed by atoms with Crippen LogP contribution >= 0.6 is 0 Å². The fourth-order valence-electron chi connectivity index (χ4n) is 2.78. The monoisotopic (exact) mass is 268 g/mol. The molecule has 1 rings (SSSR count). The van der Waals surface area contributed by atoms with E-state index >= 15 is 0 Å². The molecule has 0 bridgehead atoms. The Bertz CT molecular complexity index is 259. The molecule has 0 amide bonds. The van der Waals surface area contributed by atoms with Crippen molar-refractivity contribution in [1.82, 2.24) is 9.80 Å². The normalized spacial score (nSPS) is 17.8. The third kappa shape index (κ3) is 5.81. The Labute approximate surface area is 119 Å². The van der Waals surface area contributed by atoms with Gasteiger partial charge in [0, 0.05) is 38.3 Å². The van der Waals surface area contributed by atoms with Crippen molar-refractivity contribution in [3.05, 3.63) is 0 Å². The van der Waals surface area contributed by atoms with Crippen LogP contribution in [0.4, 0.5) is 0 Å². The summed E-state index contributed by atoms with van der Waals surface area (Å²) >= 11 is 0. The van der Waals surface area contributed by atoms with Crippen LogP contribution in [0.15, 0.2) is 4.99 Å². The highest BCUT2D eigenvalue weighted by Crippen LogP contribution is 2.08. The maximum atomic E-state index is 6.05. The third-order valence-electron chi connectivity index (χ3n) is 3.85. The number of hydrogen-bond donors (Lipinski definition) is 1. The molecule has 0 saturated carbocycles. The van der Waals surface area contributed by atoms with Gasteiger partial charge in [0.2, 0.25) is 0 Å². The summed E-state index contributed by atoms with van der Waals surface area (Å²) in [7, 11) is 0. The van der Waals surface area contributed by atoms with Crippen molar-refractivity contribution in [1.29, 1.82) is 0 Å². The van der Waals surface area contributed by atoms with Crippen molar-refractivity contribution >= 4 is 5.96 Å². The highest BCUT2D eigenvalue weighted by molar-refractivity contribution is 5.78. The maximum absolute atomic E-state index is 6.05. The van der Waals surface area contributed by atoms with E-state index in [1.807, 2.05) is 0 Å². The number of likely N-dealkylation sites (tertiary alicyclic amines) is 1. The molecule has 1 aliphatic heterocycles. The van der Waals surface area contributed by atoms with E-state index in [0.29, 0.717) is 12.1 Å². The van der Waals surface area contributed by atoms with Crippen LogP contribution in [0.2, 0.25) is 0 Å². The Kier molecular flexibility index (Phi) is 7.21. The smallest absolute Gasteiger partial charge is 0.191 e. The molecule has 1 saturated heterocycles. The van der Waals surface area contributed by atoms with Gasteiger partial charge in [-0.25, -0.2) is 0 Å². The number of aliphatic imine (C=N–C) groups is 1. The van der Waals surface area contributed by atoms with Gasteiger partial charge in [0.15, 0.2) is 5.96 Å². The van der Waals surface area contributed by atoms with Crippen molar-refractivity contribution in [3.8, 4) is 0 Å². The predicted octanol–water partition coefficient (Wildman–Crippen LogP) is 2.30. The average Bonchev–Trinajstić information content (AvgIpc) is 2.38. The van der Waals surface area contributed by atoms with Gasteiger partial charge in [-0.05, 0) is 53.4 Å². The summed E-state index contributed by atoms with van der Waals surface area (Å²) < 4.78 is 0. The molecule has 1 heterocycles. The lowest BCUT2D eigenvalue weighted by Crippen LogP contribution is -2.41. The second kappa shape index (κ2) is 8.41. The molecule has 2 N–H and O–H groups in total. The number of rotatable bonds is 6. The van der Waals surface area contributed by atoms with E-state index in [2.05, 4.69) is 42.5 Å². The van der Waals surface area contributed by atoms with E-state index in [9.17, 15) is 0 Å². The van der Waals surface area contributed by atoms with E-state index in [-0.39, 0.29) is 0 Å². The molecule has 19 heavy (non-hydrogen) atoms. The van der Waals surface area contributed by atoms with Crippen LogP contribution in [-0.2, 0) is 0 Å². The second-order valence-electron chi connectivity index (χ2n) is 6.07. The number of nitrogens with zero attached hydrogens (tertiary/aromatic N) is 3. The van der Waals surface area contributed by atoms with E-state index in [1.54, 1.807) is 0 Å². The van der Waals surface area contributed by atoms with Gasteiger partial charge < -0.3 is 10.6 Å². The SMILES string of the molecule is CC(C)N(CCCN=C(N)N1CCCCC1)C(C)C. The van der Waals surface area contributed by atoms with Crippen molar-refractivity contribution in [2.24, 2.45) is 10.7 Å². The van der Waals surface area contributed by atoms with Crippen LogP contribution in [0.25, 0.3) is 0 Å². The van der Waals surface area contributed by atoms with Gasteiger partial charge in [0.05, 0.1) is 0 Å². The number of nitrogens with two attached hydrogens (primary N) is 1. The molecule has 0 atom stereocenters. The van der Waals surface area contributed by atoms with Crippen LogP contribution in [0.5, 0.6) is 0 Å². The highest BCUT2D eigenvalue weighted by Gasteiger charge is 2.13. The Morgan fingerprint density at radius 3 is 2.21 bits per heavy atom. The first-order chi connectivity index (χ1) is 9.02. The van der Waals surface area contributed by atoms with Gasteiger partial charge in [-0.2, -0.15) is 0 Å². The molecule has 0 radical (unpaired) electrons. The Morgan fingerprint density at radius 1 is 1.11 bits per heavy atom. The van der Waals surface area contributed by atoms with Gasteiger partial charge in [-0.15, -0.1) is 0 Å². The fraction of sp³-hybridized carbons (Fsp3) is 0.933. The molecule has 0 unspecified atom stereocenters. The van der Waals surface area contributed by atoms with E-state index in [1.165, 1.54) is 19.3 Å². The second-order valence-corrected chi connectivity index (χ2v) is 6.07. The molecular weight excluding hydrogens is 236 g/mol. The summed E-state index contributed by atoms with van der Waals surface area (Å²) in [6, 6.07) is 1.20. The molecule has 0 aromatic rings. The topological polar surface area (TPSA) is 44.9 Å². The van der Waals surface area contributed by atoms with Crippen LogP contribution < -0.4 is 5.73 Å². The summed E-state index contributed by atoms with van der Waals surface area (Å²) in [5.41, 5.74) is 6.05. The molecule has 1 aliphatic rings. The van der Waals surface area contributed by atoms with Crippen LogP contribution in [-0.4, -0.2) is 54.0 Å². The highest BCUT2D eigenvalue weighted by atomic mass is 15.3. The molecule has 4 heteroatoms. The van der Waals surface area contributed by atoms with Crippen molar-refractivity contribution in [2.45, 2.75) is 65.5 Å². The van der Waals surface area contributed by atoms with Gasteiger partial charge in [0.1, 0.15) is 0 Å². The van der Waals surface area contributed by atoms with Crippen LogP contribution in [0.3, 0.4) is 0 Å². The first kappa shape index (κ1) is 16.3. The van der Waals surface area contributed by atoms with Crippen molar-refractivity contribution < 1.29 is 0 Å². The van der Waals surface area contributed by atoms with Gasteiger partial charge in [-0.3, -0.25) is 9.89 Å². The zero-order valence-electron chi connectivity index (χ0n) is 13.2. The number of piperidine rings is 1. The quantitative estimate of drug-likeness (QED) is 0.457. The zero-order chi connectivity index (χ0) is 14.3. The minimum atomic E-state index is 0.600. The molecule has 0 spiro atoms. The van der Waals surface area contributed by atoms with Crippen molar-refractivity contribution in [2.75, 3.05) is 26.2 Å². The van der Waals surface area contributed by atoms with Gasteiger partial charge in [0.25, 0.3) is 0 Å². The summed E-state index contributed by atoms with van der Waals surface area (Å²) in [6.07, 6.45) is 4.93. The number of hydrogen-bond acceptors (Lipinski definition) is 2. The summed E-state index contributed by atoms with van der Waals surface area (Å²) in [5.74, 6) is 0.750. The minimum Gasteiger partial charge on any atom is -0.370 e. The number of guanidine groups is 1. The lowest BCUT2D eigenvalue weighted by atomic mass is 10.1. The lowest BCUT2D eigenvalue weighted by Gasteiger charge is -2.30. The van der Waals surface area contributed by atoms with Crippen molar-refractivity contribution in [3.63, 3.8) is 0 Å². The summed E-state index contributed by atoms with van der Waals surface area (Å²) in [5, 5.41) is 0. The van der Waals surface area contributed by atoms with Gasteiger partial charge >= 0.3 is 0 Å².